The molecule has 0 spiro atoms. The number of fused-ring (bicyclic) bond motifs is 2. The van der Waals surface area contributed by atoms with Gasteiger partial charge in [-0.15, -0.1) is 18.2 Å². The van der Waals surface area contributed by atoms with Crippen molar-refractivity contribution in [1.29, 1.82) is 0 Å². The Labute approximate surface area is 158 Å². The molecule has 0 bridgehead atoms. The molecule has 0 aliphatic carbocycles. The van der Waals surface area contributed by atoms with Crippen LogP contribution >= 0.6 is 11.8 Å². The van der Waals surface area contributed by atoms with Crippen molar-refractivity contribution in [3.05, 3.63) is 81.4 Å². The van der Waals surface area contributed by atoms with Crippen molar-refractivity contribution in [3.63, 3.8) is 0 Å². The van der Waals surface area contributed by atoms with E-state index in [2.05, 4.69) is 15.9 Å². The first-order valence-electron chi connectivity index (χ1n) is 8.19. The van der Waals surface area contributed by atoms with Crippen LogP contribution in [0.25, 0.3) is 21.8 Å². The summed E-state index contributed by atoms with van der Waals surface area (Å²) in [6.45, 7) is 0. The molecule has 4 rings (SSSR count). The summed E-state index contributed by atoms with van der Waals surface area (Å²) >= 11 is 1.45. The van der Waals surface area contributed by atoms with Crippen LogP contribution in [0.2, 0.25) is 0 Å². The van der Waals surface area contributed by atoms with Gasteiger partial charge in [-0.1, -0.05) is 30.2 Å². The fraction of sp³-hybridized carbons (Fsp3) is 0.100. The highest BCUT2D eigenvalue weighted by molar-refractivity contribution is 7.98. The molecular weight excluding hydrogens is 360 g/mol. The molecule has 0 aliphatic heterocycles. The number of hydrogen-bond donors (Lipinski definition) is 0. The standard InChI is InChI=1S/C20H14N4O2S/c1-2-11-27-12-18-22-17-10-6-4-8-15(17)20(26)24(18)23-13-21-16-9-5-3-7-14(16)19(23)25/h1,3-10,13H,11-12H2. The Hall–Kier alpha value is -3.37. The van der Waals surface area contributed by atoms with Gasteiger partial charge in [0.15, 0.2) is 0 Å². The molecule has 132 valence electrons. The van der Waals surface area contributed by atoms with Crippen LogP contribution in [0.5, 0.6) is 0 Å². The quantitative estimate of drug-likeness (QED) is 0.405. The SMILES string of the molecule is C#CCSCc1nc2ccccc2c(=O)n1-n1cnc2ccccc2c1=O. The topological polar surface area (TPSA) is 69.8 Å². The largest absolute Gasteiger partial charge is 0.280 e. The zero-order valence-corrected chi connectivity index (χ0v) is 15.0. The van der Waals surface area contributed by atoms with Gasteiger partial charge in [0.1, 0.15) is 12.2 Å². The summed E-state index contributed by atoms with van der Waals surface area (Å²) in [6, 6.07) is 14.1. The minimum absolute atomic E-state index is 0.323. The molecule has 0 radical (unpaired) electrons. The zero-order chi connectivity index (χ0) is 18.8. The molecule has 2 heterocycles. The molecule has 0 aliphatic rings. The third-order valence-corrected chi connectivity index (χ3v) is 4.93. The Morgan fingerprint density at radius 3 is 2.37 bits per heavy atom. The number of benzene rings is 2. The summed E-state index contributed by atoms with van der Waals surface area (Å²) in [4.78, 5) is 35.1. The second-order valence-electron chi connectivity index (χ2n) is 5.77. The van der Waals surface area contributed by atoms with Crippen LogP contribution in [0, 0.1) is 12.3 Å². The lowest BCUT2D eigenvalue weighted by Crippen LogP contribution is -2.37. The highest BCUT2D eigenvalue weighted by Gasteiger charge is 2.15. The van der Waals surface area contributed by atoms with Gasteiger partial charge in [-0.25, -0.2) is 9.97 Å². The van der Waals surface area contributed by atoms with Crippen LogP contribution in [-0.2, 0) is 5.75 Å². The zero-order valence-electron chi connectivity index (χ0n) is 14.2. The Bertz CT molecular complexity index is 1320. The van der Waals surface area contributed by atoms with E-state index in [1.165, 1.54) is 27.4 Å². The van der Waals surface area contributed by atoms with Crippen molar-refractivity contribution in [2.24, 2.45) is 0 Å². The van der Waals surface area contributed by atoms with Crippen molar-refractivity contribution in [2.75, 3.05) is 5.75 Å². The van der Waals surface area contributed by atoms with Crippen LogP contribution < -0.4 is 11.1 Å². The van der Waals surface area contributed by atoms with E-state index in [0.29, 0.717) is 39.1 Å². The summed E-state index contributed by atoms with van der Waals surface area (Å²) in [5, 5.41) is 0.866. The van der Waals surface area contributed by atoms with Crippen LogP contribution in [-0.4, -0.2) is 25.1 Å². The van der Waals surface area contributed by atoms with E-state index in [9.17, 15) is 9.59 Å². The van der Waals surface area contributed by atoms with Gasteiger partial charge in [0.2, 0.25) is 0 Å². The predicted molar refractivity (Wildman–Crippen MR) is 108 cm³/mol. The average Bonchev–Trinajstić information content (AvgIpc) is 2.70. The summed E-state index contributed by atoms with van der Waals surface area (Å²) < 4.78 is 2.50. The van der Waals surface area contributed by atoms with Gasteiger partial charge < -0.3 is 0 Å². The summed E-state index contributed by atoms with van der Waals surface area (Å²) in [5.74, 6) is 3.87. The van der Waals surface area contributed by atoms with Gasteiger partial charge in [0.25, 0.3) is 11.1 Å². The van der Waals surface area contributed by atoms with Crippen LogP contribution in [0.3, 0.4) is 0 Å². The molecule has 0 unspecified atom stereocenters. The number of thioether (sulfide) groups is 1. The smallest absolute Gasteiger partial charge is 0.267 e. The van der Waals surface area contributed by atoms with Gasteiger partial charge >= 0.3 is 0 Å². The number of aromatic nitrogens is 4. The number of hydrogen-bond acceptors (Lipinski definition) is 5. The van der Waals surface area contributed by atoms with Gasteiger partial charge in [0, 0.05) is 0 Å². The van der Waals surface area contributed by atoms with Gasteiger partial charge in [-0.2, -0.15) is 9.35 Å². The Morgan fingerprint density at radius 2 is 1.63 bits per heavy atom. The Morgan fingerprint density at radius 1 is 0.963 bits per heavy atom. The first kappa shape index (κ1) is 17.1. The summed E-state index contributed by atoms with van der Waals surface area (Å²) in [5.41, 5.74) is 0.500. The maximum atomic E-state index is 13.2. The average molecular weight is 374 g/mol. The number of terminal acetylenes is 1. The van der Waals surface area contributed by atoms with Gasteiger partial charge in [0.05, 0.1) is 33.3 Å². The van der Waals surface area contributed by atoms with Crippen molar-refractivity contribution in [3.8, 4) is 12.3 Å². The van der Waals surface area contributed by atoms with Gasteiger partial charge in [-0.05, 0) is 24.3 Å². The molecule has 2 aromatic heterocycles. The highest BCUT2D eigenvalue weighted by Crippen LogP contribution is 2.13. The number of nitrogens with zero attached hydrogens (tertiary/aromatic N) is 4. The van der Waals surface area contributed by atoms with Crippen molar-refractivity contribution < 1.29 is 0 Å². The maximum Gasteiger partial charge on any atom is 0.280 e. The third-order valence-electron chi connectivity index (χ3n) is 4.10. The molecule has 0 N–H and O–H groups in total. The van der Waals surface area contributed by atoms with E-state index >= 15 is 0 Å². The van der Waals surface area contributed by atoms with Crippen molar-refractivity contribution >= 4 is 33.6 Å². The number of rotatable bonds is 4. The lowest BCUT2D eigenvalue weighted by molar-refractivity contribution is 0.569. The maximum absolute atomic E-state index is 13.2. The monoisotopic (exact) mass is 374 g/mol. The van der Waals surface area contributed by atoms with E-state index in [0.717, 1.165) is 0 Å². The first-order chi connectivity index (χ1) is 13.2. The van der Waals surface area contributed by atoms with Gasteiger partial charge in [-0.3, -0.25) is 9.59 Å². The molecule has 0 atom stereocenters. The second kappa shape index (κ2) is 7.09. The molecule has 0 fully saturated rings. The molecule has 7 heteroatoms. The Balaban J connectivity index is 2.03. The van der Waals surface area contributed by atoms with Crippen LogP contribution in [0.15, 0.2) is 64.4 Å². The normalized spacial score (nSPS) is 10.9. The predicted octanol–water partition coefficient (Wildman–Crippen LogP) is 2.28. The van der Waals surface area contributed by atoms with Crippen LogP contribution in [0.1, 0.15) is 5.82 Å². The second-order valence-corrected chi connectivity index (χ2v) is 6.76. The van der Waals surface area contributed by atoms with E-state index < -0.39 is 0 Å². The van der Waals surface area contributed by atoms with E-state index in [1.807, 2.05) is 12.1 Å². The molecule has 27 heavy (non-hydrogen) atoms. The lowest BCUT2D eigenvalue weighted by atomic mass is 10.2. The molecule has 4 aromatic rings. The number of para-hydroxylation sites is 2. The Kier molecular flexibility index (Phi) is 4.48. The molecular formula is C20H14N4O2S. The minimum atomic E-state index is -0.331. The molecule has 0 amide bonds. The third kappa shape index (κ3) is 3.00. The first-order valence-corrected chi connectivity index (χ1v) is 9.35. The molecule has 0 saturated carbocycles. The van der Waals surface area contributed by atoms with Crippen molar-refractivity contribution in [1.82, 2.24) is 19.3 Å². The fourth-order valence-corrected chi connectivity index (χ4v) is 3.48. The minimum Gasteiger partial charge on any atom is -0.267 e. The van der Waals surface area contributed by atoms with Crippen molar-refractivity contribution in [2.45, 2.75) is 5.75 Å². The van der Waals surface area contributed by atoms with E-state index in [1.54, 1.807) is 36.4 Å². The summed E-state index contributed by atoms with van der Waals surface area (Å²) in [7, 11) is 0. The highest BCUT2D eigenvalue weighted by atomic mass is 32.2. The fourth-order valence-electron chi connectivity index (χ4n) is 2.89. The molecule has 2 aromatic carbocycles. The molecule has 0 saturated heterocycles. The van der Waals surface area contributed by atoms with E-state index in [4.69, 9.17) is 6.42 Å². The van der Waals surface area contributed by atoms with Crippen LogP contribution in [0.4, 0.5) is 0 Å². The van der Waals surface area contributed by atoms with E-state index in [-0.39, 0.29) is 11.1 Å². The lowest BCUT2D eigenvalue weighted by Gasteiger charge is -2.15. The summed E-state index contributed by atoms with van der Waals surface area (Å²) in [6.07, 6.45) is 6.68. The molecule has 6 nitrogen and oxygen atoms in total.